The summed E-state index contributed by atoms with van der Waals surface area (Å²) in [4.78, 5) is 0. The monoisotopic (exact) mass is 856 g/mol. The van der Waals surface area contributed by atoms with Crippen LogP contribution in [0.3, 0.4) is 0 Å². The van der Waals surface area contributed by atoms with E-state index in [-0.39, 0.29) is 37.3 Å². The summed E-state index contributed by atoms with van der Waals surface area (Å²) in [5.41, 5.74) is -3.89. The van der Waals surface area contributed by atoms with Crippen molar-refractivity contribution in [2.24, 2.45) is 23.2 Å². The number of alkyl halides is 9. The number of halogens is 9. The van der Waals surface area contributed by atoms with Crippen LogP contribution in [0.4, 0.5) is 39.5 Å². The summed E-state index contributed by atoms with van der Waals surface area (Å²) in [7, 11) is 3.68. The Morgan fingerprint density at radius 3 is 2.14 bits per heavy atom. The molecule has 6 nitrogen and oxygen atoms in total. The normalized spacial score (nSPS) is 24.3. The molecule has 0 aliphatic heterocycles. The van der Waals surface area contributed by atoms with Crippen molar-refractivity contribution in [1.82, 2.24) is 0 Å². The first kappa shape index (κ1) is 47.6. The zero-order valence-corrected chi connectivity index (χ0v) is 33.6. The Bertz CT molecular complexity index is 1280. The summed E-state index contributed by atoms with van der Waals surface area (Å²) in [6.07, 6.45) is -9.96. The Morgan fingerprint density at radius 1 is 0.750 bits per heavy atom. The second kappa shape index (κ2) is 21.4. The molecule has 2 saturated carbocycles. The van der Waals surface area contributed by atoms with Gasteiger partial charge in [-0.3, -0.25) is 0 Å². The SMILES string of the molecule is C[C@]12CC[C@@H]3c4ccc(OCCCCCCSSCCOCCCC(CO)CO)cc4CC[C@H]3[C@@H]1CC[C@@H]2OCCCOC(C(F)(F)F)(C(F)(F)F)C(F)(F)F. The largest absolute Gasteiger partial charge is 0.494 e. The van der Waals surface area contributed by atoms with E-state index in [0.29, 0.717) is 44.0 Å². The predicted octanol–water partition coefficient (Wildman–Crippen LogP) is 10.5. The molecule has 0 heterocycles. The molecule has 1 aromatic rings. The van der Waals surface area contributed by atoms with E-state index in [2.05, 4.69) is 23.8 Å². The average molecular weight is 857 g/mol. The number of aliphatic hydroxyl groups is 2. The van der Waals surface area contributed by atoms with Gasteiger partial charge in [0.1, 0.15) is 5.75 Å². The van der Waals surface area contributed by atoms with Gasteiger partial charge in [-0.15, -0.1) is 0 Å². The van der Waals surface area contributed by atoms with Crippen LogP contribution in [0.25, 0.3) is 0 Å². The lowest BCUT2D eigenvalue weighted by Crippen LogP contribution is -2.67. The minimum atomic E-state index is -6.74. The lowest BCUT2D eigenvalue weighted by atomic mass is 9.55. The highest BCUT2D eigenvalue weighted by atomic mass is 33.1. The zero-order chi connectivity index (χ0) is 41.0. The van der Waals surface area contributed by atoms with Crippen molar-refractivity contribution in [3.05, 3.63) is 29.3 Å². The fourth-order valence-electron chi connectivity index (χ4n) is 8.95. The molecule has 56 heavy (non-hydrogen) atoms. The Balaban J connectivity index is 1.12. The molecule has 1 aromatic carbocycles. The van der Waals surface area contributed by atoms with E-state index in [4.69, 9.17) is 24.4 Å². The molecule has 0 bridgehead atoms. The molecule has 4 rings (SSSR count). The highest BCUT2D eigenvalue weighted by Crippen LogP contribution is 2.62. The first-order valence-corrected chi connectivity index (χ1v) is 22.2. The minimum Gasteiger partial charge on any atom is -0.494 e. The first-order chi connectivity index (χ1) is 26.5. The van der Waals surface area contributed by atoms with Crippen LogP contribution in [0, 0.1) is 23.2 Å². The molecule has 2 N–H and O–H groups in total. The summed E-state index contributed by atoms with van der Waals surface area (Å²) in [5, 5.41) is 18.2. The molecule has 17 heteroatoms. The highest BCUT2D eigenvalue weighted by Gasteiger charge is 2.85. The number of rotatable bonds is 24. The quantitative estimate of drug-likeness (QED) is 0.0605. The maximum Gasteiger partial charge on any atom is 0.435 e. The smallest absolute Gasteiger partial charge is 0.435 e. The number of ether oxygens (including phenoxy) is 4. The molecule has 0 saturated heterocycles. The molecule has 0 radical (unpaired) electrons. The molecule has 0 aromatic heterocycles. The van der Waals surface area contributed by atoms with Crippen molar-refractivity contribution in [2.75, 3.05) is 57.8 Å². The van der Waals surface area contributed by atoms with Crippen molar-refractivity contribution in [1.29, 1.82) is 0 Å². The standard InChI is InChI=1S/C39H57F9O6S2/c1-35-16-15-31-30-12-10-29(52-18-4-2-3-5-22-55-56-23-21-51-17-6-8-27(25-49)26-50)24-28(30)9-11-32(31)33(35)13-14-34(35)53-19-7-20-54-36(37(40,41)42,38(43,44)45)39(46,47)48/h10,12,24,27,31-34,49-50H,2-9,11,13-23,25-26H2,1H3/t31-,32-,33+,34+,35+/m1/s1. The summed E-state index contributed by atoms with van der Waals surface area (Å²) in [6, 6.07) is 6.38. The van der Waals surface area contributed by atoms with Gasteiger partial charge in [-0.2, -0.15) is 39.5 Å². The van der Waals surface area contributed by atoms with Gasteiger partial charge < -0.3 is 29.2 Å². The molecular weight excluding hydrogens is 800 g/mol. The van der Waals surface area contributed by atoms with Crippen molar-refractivity contribution >= 4 is 21.6 Å². The molecule has 2 fully saturated rings. The van der Waals surface area contributed by atoms with Crippen LogP contribution in [0.5, 0.6) is 5.75 Å². The van der Waals surface area contributed by atoms with Crippen LogP contribution >= 0.6 is 21.6 Å². The van der Waals surface area contributed by atoms with Crippen LogP contribution in [0.2, 0.25) is 0 Å². The van der Waals surface area contributed by atoms with Crippen molar-refractivity contribution < 1.29 is 68.7 Å². The Labute approximate surface area is 332 Å². The maximum atomic E-state index is 13.2. The van der Waals surface area contributed by atoms with E-state index in [1.807, 2.05) is 27.7 Å². The molecule has 5 atom stereocenters. The summed E-state index contributed by atoms with van der Waals surface area (Å²) >= 11 is 0. The topological polar surface area (TPSA) is 77.4 Å². The number of fused-ring (bicyclic) bond motifs is 5. The van der Waals surface area contributed by atoms with Crippen molar-refractivity contribution in [3.8, 4) is 5.75 Å². The van der Waals surface area contributed by atoms with Crippen LogP contribution in [-0.4, -0.2) is 98.2 Å². The molecule has 324 valence electrons. The number of unbranched alkanes of at least 4 members (excludes halogenated alkanes) is 3. The van der Waals surface area contributed by atoms with Gasteiger partial charge in [0.25, 0.3) is 0 Å². The van der Waals surface area contributed by atoms with Crippen LogP contribution < -0.4 is 4.74 Å². The third kappa shape index (κ3) is 11.8. The van der Waals surface area contributed by atoms with E-state index < -0.39 is 37.2 Å². The number of hydrogen-bond acceptors (Lipinski definition) is 8. The lowest BCUT2D eigenvalue weighted by molar-refractivity contribution is -0.457. The van der Waals surface area contributed by atoms with Gasteiger partial charge in [0, 0.05) is 43.9 Å². The fourth-order valence-corrected chi connectivity index (χ4v) is 11.0. The number of hydrogen-bond donors (Lipinski definition) is 2. The number of aliphatic hydroxyl groups excluding tert-OH is 2. The molecular formula is C39H57F9O6S2. The van der Waals surface area contributed by atoms with Gasteiger partial charge in [-0.1, -0.05) is 47.4 Å². The van der Waals surface area contributed by atoms with Crippen LogP contribution in [0.1, 0.15) is 101 Å². The molecule has 3 aliphatic carbocycles. The van der Waals surface area contributed by atoms with Gasteiger partial charge in [0.2, 0.25) is 0 Å². The van der Waals surface area contributed by atoms with Gasteiger partial charge in [-0.25, -0.2) is 0 Å². The van der Waals surface area contributed by atoms with Crippen molar-refractivity contribution in [3.63, 3.8) is 0 Å². The third-order valence-corrected chi connectivity index (χ3v) is 14.4. The first-order valence-electron chi connectivity index (χ1n) is 19.8. The molecule has 0 unspecified atom stereocenters. The van der Waals surface area contributed by atoms with Crippen molar-refractivity contribution in [2.45, 2.75) is 127 Å². The fraction of sp³-hybridized carbons (Fsp3) is 0.846. The lowest BCUT2D eigenvalue weighted by Gasteiger charge is -2.50. The van der Waals surface area contributed by atoms with Gasteiger partial charge >= 0.3 is 24.1 Å². The summed E-state index contributed by atoms with van der Waals surface area (Å²) in [6.45, 7) is 2.40. The van der Waals surface area contributed by atoms with Gasteiger partial charge in [0.05, 0.1) is 25.9 Å². The minimum absolute atomic E-state index is 0.00652. The number of benzene rings is 1. The third-order valence-electron chi connectivity index (χ3n) is 11.9. The van der Waals surface area contributed by atoms with E-state index in [0.717, 1.165) is 87.9 Å². The molecule has 0 spiro atoms. The van der Waals surface area contributed by atoms with Gasteiger partial charge in [-0.05, 0) is 117 Å². The van der Waals surface area contributed by atoms with E-state index in [9.17, 15) is 39.5 Å². The van der Waals surface area contributed by atoms with E-state index in [1.165, 1.54) is 11.1 Å². The Hall–Kier alpha value is -1.11. The van der Waals surface area contributed by atoms with E-state index >= 15 is 0 Å². The van der Waals surface area contributed by atoms with Crippen LogP contribution in [0.15, 0.2) is 18.2 Å². The highest BCUT2D eigenvalue weighted by molar-refractivity contribution is 8.76. The average Bonchev–Trinajstić information content (AvgIpc) is 3.47. The summed E-state index contributed by atoms with van der Waals surface area (Å²) < 4.78 is 140. The van der Waals surface area contributed by atoms with Gasteiger partial charge in [0.15, 0.2) is 0 Å². The predicted molar refractivity (Wildman–Crippen MR) is 199 cm³/mol. The zero-order valence-electron chi connectivity index (χ0n) is 31.9. The second-order valence-corrected chi connectivity index (χ2v) is 18.2. The number of aryl methyl sites for hydroxylation is 1. The Morgan fingerprint density at radius 2 is 1.45 bits per heavy atom. The van der Waals surface area contributed by atoms with Crippen LogP contribution in [-0.2, 0) is 20.6 Å². The Kier molecular flexibility index (Phi) is 18.2. The maximum absolute atomic E-state index is 13.2. The second-order valence-electron chi connectivity index (χ2n) is 15.5. The van der Waals surface area contributed by atoms with E-state index in [1.54, 1.807) is 0 Å². The summed E-state index contributed by atoms with van der Waals surface area (Å²) in [5.74, 6) is 3.91. The molecule has 0 amide bonds. The molecule has 3 aliphatic rings.